The maximum absolute atomic E-state index is 11.4. The van der Waals surface area contributed by atoms with E-state index in [1.54, 1.807) is 11.8 Å². The van der Waals surface area contributed by atoms with Crippen molar-refractivity contribution in [2.75, 3.05) is 5.75 Å². The molecule has 0 saturated carbocycles. The number of benzene rings is 1. The standard InChI is InChI=1S/C17H28N2OS/c1-12(2)19-15(16(18)20)10-11-21-14-8-6-13(7-9-14)17(3,4)5/h6-9,12,15,19H,10-11H2,1-5H3,(H2,18,20). The molecule has 0 aliphatic heterocycles. The Morgan fingerprint density at radius 3 is 2.24 bits per heavy atom. The molecule has 0 aliphatic carbocycles. The lowest BCUT2D eigenvalue weighted by atomic mass is 9.87. The number of nitrogens with one attached hydrogen (secondary N) is 1. The third kappa shape index (κ3) is 6.53. The predicted molar refractivity (Wildman–Crippen MR) is 91.7 cm³/mol. The van der Waals surface area contributed by atoms with E-state index in [0.29, 0.717) is 0 Å². The zero-order chi connectivity index (χ0) is 16.0. The van der Waals surface area contributed by atoms with Crippen molar-refractivity contribution in [3.05, 3.63) is 29.8 Å². The van der Waals surface area contributed by atoms with E-state index in [9.17, 15) is 4.79 Å². The highest BCUT2D eigenvalue weighted by atomic mass is 32.2. The average molecular weight is 308 g/mol. The second kappa shape index (κ2) is 7.85. The van der Waals surface area contributed by atoms with Gasteiger partial charge >= 0.3 is 0 Å². The van der Waals surface area contributed by atoms with Crippen molar-refractivity contribution < 1.29 is 4.79 Å². The summed E-state index contributed by atoms with van der Waals surface area (Å²) in [6.45, 7) is 10.7. The molecular weight excluding hydrogens is 280 g/mol. The van der Waals surface area contributed by atoms with Crippen molar-refractivity contribution >= 4 is 17.7 Å². The van der Waals surface area contributed by atoms with E-state index in [2.05, 4.69) is 50.4 Å². The largest absolute Gasteiger partial charge is 0.368 e. The van der Waals surface area contributed by atoms with Gasteiger partial charge in [0.05, 0.1) is 6.04 Å². The van der Waals surface area contributed by atoms with Crippen LogP contribution in [0.15, 0.2) is 29.2 Å². The van der Waals surface area contributed by atoms with Crippen molar-refractivity contribution in [1.82, 2.24) is 5.32 Å². The fourth-order valence-electron chi connectivity index (χ4n) is 2.06. The fraction of sp³-hybridized carbons (Fsp3) is 0.588. The zero-order valence-electron chi connectivity index (χ0n) is 13.8. The van der Waals surface area contributed by atoms with Crippen LogP contribution in [0.5, 0.6) is 0 Å². The maximum atomic E-state index is 11.4. The maximum Gasteiger partial charge on any atom is 0.234 e. The number of primary amides is 1. The van der Waals surface area contributed by atoms with Gasteiger partial charge in [0.15, 0.2) is 0 Å². The first-order valence-corrected chi connectivity index (χ1v) is 8.47. The molecule has 3 nitrogen and oxygen atoms in total. The monoisotopic (exact) mass is 308 g/mol. The van der Waals surface area contributed by atoms with Gasteiger partial charge in [0.25, 0.3) is 0 Å². The molecule has 1 amide bonds. The molecular formula is C17H28N2OS. The van der Waals surface area contributed by atoms with E-state index in [1.807, 2.05) is 13.8 Å². The zero-order valence-corrected chi connectivity index (χ0v) is 14.6. The Hall–Kier alpha value is -1.00. The summed E-state index contributed by atoms with van der Waals surface area (Å²) in [6.07, 6.45) is 0.749. The number of hydrogen-bond acceptors (Lipinski definition) is 3. The normalized spacial score (nSPS) is 13.4. The smallest absolute Gasteiger partial charge is 0.234 e. The molecule has 1 atom stereocenters. The van der Waals surface area contributed by atoms with Gasteiger partial charge in [-0.3, -0.25) is 4.79 Å². The number of carbonyl (C=O) groups excluding carboxylic acids is 1. The molecule has 21 heavy (non-hydrogen) atoms. The van der Waals surface area contributed by atoms with E-state index in [-0.39, 0.29) is 23.4 Å². The molecule has 0 fully saturated rings. The SMILES string of the molecule is CC(C)NC(CCSc1ccc(C(C)(C)C)cc1)C(N)=O. The lowest BCUT2D eigenvalue weighted by molar-refractivity contribution is -0.120. The highest BCUT2D eigenvalue weighted by molar-refractivity contribution is 7.99. The molecule has 1 unspecified atom stereocenters. The van der Waals surface area contributed by atoms with E-state index in [1.165, 1.54) is 10.5 Å². The molecule has 0 saturated heterocycles. The van der Waals surface area contributed by atoms with Crippen LogP contribution in [0.3, 0.4) is 0 Å². The lowest BCUT2D eigenvalue weighted by Gasteiger charge is -2.19. The summed E-state index contributed by atoms with van der Waals surface area (Å²) in [5.41, 5.74) is 6.94. The molecule has 1 aromatic carbocycles. The number of carbonyl (C=O) groups is 1. The topological polar surface area (TPSA) is 55.1 Å². The first-order valence-electron chi connectivity index (χ1n) is 7.49. The molecule has 1 aromatic rings. The summed E-state index contributed by atoms with van der Waals surface area (Å²) in [5, 5.41) is 3.21. The Morgan fingerprint density at radius 1 is 1.24 bits per heavy atom. The van der Waals surface area contributed by atoms with Crippen molar-refractivity contribution in [1.29, 1.82) is 0 Å². The van der Waals surface area contributed by atoms with Gasteiger partial charge in [0, 0.05) is 10.9 Å². The number of rotatable bonds is 7. The van der Waals surface area contributed by atoms with Crippen LogP contribution in [0.4, 0.5) is 0 Å². The Morgan fingerprint density at radius 2 is 1.81 bits per heavy atom. The molecule has 4 heteroatoms. The summed E-state index contributed by atoms with van der Waals surface area (Å²) in [7, 11) is 0. The third-order valence-electron chi connectivity index (χ3n) is 3.27. The van der Waals surface area contributed by atoms with Crippen molar-refractivity contribution in [2.45, 2.75) is 63.4 Å². The van der Waals surface area contributed by atoms with Gasteiger partial charge in [-0.15, -0.1) is 11.8 Å². The lowest BCUT2D eigenvalue weighted by Crippen LogP contribution is -2.44. The Labute approximate surface area is 133 Å². The second-order valence-corrected chi connectivity index (χ2v) is 7.86. The molecule has 0 radical (unpaired) electrons. The van der Waals surface area contributed by atoms with Gasteiger partial charge in [0.1, 0.15) is 0 Å². The molecule has 118 valence electrons. The molecule has 0 bridgehead atoms. The first kappa shape index (κ1) is 18.1. The van der Waals surface area contributed by atoms with Gasteiger partial charge < -0.3 is 11.1 Å². The molecule has 0 heterocycles. The summed E-state index contributed by atoms with van der Waals surface area (Å²) < 4.78 is 0. The molecule has 0 spiro atoms. The highest BCUT2D eigenvalue weighted by Crippen LogP contribution is 2.26. The van der Waals surface area contributed by atoms with Gasteiger partial charge in [-0.1, -0.05) is 46.8 Å². The number of nitrogens with two attached hydrogens (primary N) is 1. The van der Waals surface area contributed by atoms with Gasteiger partial charge in [-0.2, -0.15) is 0 Å². The minimum Gasteiger partial charge on any atom is -0.368 e. The number of thioether (sulfide) groups is 1. The summed E-state index contributed by atoms with van der Waals surface area (Å²) >= 11 is 1.76. The minimum atomic E-state index is -0.271. The number of amides is 1. The summed E-state index contributed by atoms with van der Waals surface area (Å²) in [4.78, 5) is 12.6. The van der Waals surface area contributed by atoms with Crippen LogP contribution >= 0.6 is 11.8 Å². The minimum absolute atomic E-state index is 0.182. The quantitative estimate of drug-likeness (QED) is 0.760. The average Bonchev–Trinajstić information content (AvgIpc) is 2.36. The summed E-state index contributed by atoms with van der Waals surface area (Å²) in [5.74, 6) is 0.606. The van der Waals surface area contributed by atoms with Gasteiger partial charge in [-0.25, -0.2) is 0 Å². The Kier molecular flexibility index (Phi) is 6.75. The van der Waals surface area contributed by atoms with Crippen LogP contribution in [0.1, 0.15) is 46.6 Å². The second-order valence-electron chi connectivity index (χ2n) is 6.69. The molecule has 1 rings (SSSR count). The van der Waals surface area contributed by atoms with Gasteiger partial charge in [0.2, 0.25) is 5.91 Å². The van der Waals surface area contributed by atoms with Crippen LogP contribution < -0.4 is 11.1 Å². The Balaban J connectivity index is 2.50. The van der Waals surface area contributed by atoms with Crippen molar-refractivity contribution in [3.63, 3.8) is 0 Å². The van der Waals surface area contributed by atoms with Crippen LogP contribution in [0.2, 0.25) is 0 Å². The van der Waals surface area contributed by atoms with Crippen LogP contribution in [0.25, 0.3) is 0 Å². The molecule has 0 aliphatic rings. The predicted octanol–water partition coefficient (Wildman–Crippen LogP) is 3.32. The van der Waals surface area contributed by atoms with Crippen molar-refractivity contribution in [2.24, 2.45) is 5.73 Å². The van der Waals surface area contributed by atoms with Crippen LogP contribution in [-0.2, 0) is 10.2 Å². The fourth-order valence-corrected chi connectivity index (χ4v) is 2.97. The van der Waals surface area contributed by atoms with E-state index in [4.69, 9.17) is 5.73 Å². The van der Waals surface area contributed by atoms with Crippen LogP contribution in [0, 0.1) is 0 Å². The molecule has 3 N–H and O–H groups in total. The van der Waals surface area contributed by atoms with Crippen LogP contribution in [-0.4, -0.2) is 23.7 Å². The van der Waals surface area contributed by atoms with E-state index in [0.717, 1.165) is 12.2 Å². The van der Waals surface area contributed by atoms with E-state index >= 15 is 0 Å². The molecule has 0 aromatic heterocycles. The highest BCUT2D eigenvalue weighted by Gasteiger charge is 2.16. The Bertz CT molecular complexity index is 449. The summed E-state index contributed by atoms with van der Waals surface area (Å²) in [6, 6.07) is 8.69. The third-order valence-corrected chi connectivity index (χ3v) is 4.32. The first-order chi connectivity index (χ1) is 9.70. The van der Waals surface area contributed by atoms with E-state index < -0.39 is 0 Å². The van der Waals surface area contributed by atoms with Crippen molar-refractivity contribution in [3.8, 4) is 0 Å². The van der Waals surface area contributed by atoms with Gasteiger partial charge in [-0.05, 0) is 35.3 Å². The number of hydrogen-bond donors (Lipinski definition) is 2.